The van der Waals surface area contributed by atoms with E-state index in [4.69, 9.17) is 23.7 Å². The highest BCUT2D eigenvalue weighted by molar-refractivity contribution is 5.96. The van der Waals surface area contributed by atoms with E-state index in [0.29, 0.717) is 30.3 Å². The monoisotopic (exact) mass is 532 g/mol. The van der Waals surface area contributed by atoms with E-state index in [1.807, 2.05) is 30.3 Å². The lowest BCUT2D eigenvalue weighted by atomic mass is 10.1. The molecule has 0 aliphatic rings. The van der Waals surface area contributed by atoms with Crippen LogP contribution in [-0.2, 0) is 20.9 Å². The number of hydrogen-bond donors (Lipinski definition) is 0. The van der Waals surface area contributed by atoms with Crippen LogP contribution < -0.4 is 14.2 Å². The van der Waals surface area contributed by atoms with Crippen molar-refractivity contribution in [1.82, 2.24) is 0 Å². The standard InChI is InChI=1S/C31H32O8/c1-3-29(32)37-20-10-5-4-9-19-36-25-15-13-24(14-16-25)30(33)39-28-18-17-26(35-2)21-27(28)31(34)38-22-23-11-7-6-8-12-23/h3,6-8,11-18,21H,1,4-5,9-10,19-20,22H2,2H3. The molecule has 0 aliphatic carbocycles. The Bertz CT molecular complexity index is 1240. The van der Waals surface area contributed by atoms with Gasteiger partial charge in [0.05, 0.1) is 25.9 Å². The van der Waals surface area contributed by atoms with Crippen LogP contribution in [0, 0.1) is 0 Å². The maximum absolute atomic E-state index is 12.8. The molecule has 39 heavy (non-hydrogen) atoms. The Hall–Kier alpha value is -4.59. The number of esters is 3. The number of hydrogen-bond acceptors (Lipinski definition) is 8. The van der Waals surface area contributed by atoms with Crippen molar-refractivity contribution in [3.8, 4) is 17.2 Å². The number of carbonyl (C=O) groups is 3. The largest absolute Gasteiger partial charge is 0.497 e. The number of rotatable bonds is 15. The Morgan fingerprint density at radius 3 is 2.15 bits per heavy atom. The normalized spacial score (nSPS) is 10.3. The molecule has 3 aromatic carbocycles. The van der Waals surface area contributed by atoms with Gasteiger partial charge in [-0.05, 0) is 73.7 Å². The van der Waals surface area contributed by atoms with Gasteiger partial charge in [-0.1, -0.05) is 36.9 Å². The SMILES string of the molecule is C=CC(=O)OCCCCCCOc1ccc(C(=O)Oc2ccc(OC)cc2C(=O)OCc2ccccc2)cc1. The van der Waals surface area contributed by atoms with Crippen LogP contribution in [-0.4, -0.2) is 38.2 Å². The topological polar surface area (TPSA) is 97.4 Å². The maximum atomic E-state index is 12.8. The van der Waals surface area contributed by atoms with Crippen LogP contribution in [0.15, 0.2) is 85.5 Å². The molecule has 0 fully saturated rings. The molecule has 0 unspecified atom stereocenters. The number of ether oxygens (including phenoxy) is 5. The third kappa shape index (κ3) is 9.66. The summed E-state index contributed by atoms with van der Waals surface area (Å²) in [6, 6.07) is 20.4. The lowest BCUT2D eigenvalue weighted by molar-refractivity contribution is -0.137. The van der Waals surface area contributed by atoms with Gasteiger partial charge in [0.15, 0.2) is 0 Å². The third-order valence-electron chi connectivity index (χ3n) is 5.63. The number of methoxy groups -OCH3 is 1. The van der Waals surface area contributed by atoms with Crippen LogP contribution in [0.3, 0.4) is 0 Å². The van der Waals surface area contributed by atoms with Crippen molar-refractivity contribution in [3.63, 3.8) is 0 Å². The Morgan fingerprint density at radius 2 is 1.46 bits per heavy atom. The van der Waals surface area contributed by atoms with E-state index < -0.39 is 17.9 Å². The van der Waals surface area contributed by atoms with E-state index in [1.165, 1.54) is 19.2 Å². The van der Waals surface area contributed by atoms with Crippen molar-refractivity contribution in [3.05, 3.63) is 102 Å². The van der Waals surface area contributed by atoms with Crippen LogP contribution in [0.4, 0.5) is 0 Å². The molecule has 0 heterocycles. The summed E-state index contributed by atoms with van der Waals surface area (Å²) in [4.78, 5) is 36.6. The number of benzene rings is 3. The molecule has 8 nitrogen and oxygen atoms in total. The van der Waals surface area contributed by atoms with Gasteiger partial charge in [0.1, 0.15) is 29.4 Å². The maximum Gasteiger partial charge on any atom is 0.343 e. The van der Waals surface area contributed by atoms with Crippen LogP contribution in [0.25, 0.3) is 0 Å². The van der Waals surface area contributed by atoms with Crippen molar-refractivity contribution < 1.29 is 38.1 Å². The van der Waals surface area contributed by atoms with E-state index in [1.54, 1.807) is 30.3 Å². The lowest BCUT2D eigenvalue weighted by Crippen LogP contribution is -2.13. The average Bonchev–Trinajstić information content (AvgIpc) is 2.98. The summed E-state index contributed by atoms with van der Waals surface area (Å²) in [5.74, 6) is -0.543. The first-order valence-electron chi connectivity index (χ1n) is 12.6. The summed E-state index contributed by atoms with van der Waals surface area (Å²) in [5, 5.41) is 0. The van der Waals surface area contributed by atoms with Crippen LogP contribution >= 0.6 is 0 Å². The summed E-state index contributed by atoms with van der Waals surface area (Å²) < 4.78 is 26.8. The van der Waals surface area contributed by atoms with E-state index in [-0.39, 0.29) is 17.9 Å². The van der Waals surface area contributed by atoms with E-state index in [9.17, 15) is 14.4 Å². The molecule has 0 amide bonds. The molecular formula is C31H32O8. The molecule has 0 aromatic heterocycles. The Labute approximate surface area is 228 Å². The predicted octanol–water partition coefficient (Wildman–Crippen LogP) is 5.94. The molecule has 0 N–H and O–H groups in total. The van der Waals surface area contributed by atoms with Gasteiger partial charge in [-0.2, -0.15) is 0 Å². The second-order valence-electron chi connectivity index (χ2n) is 8.47. The van der Waals surface area contributed by atoms with Gasteiger partial charge in [0.2, 0.25) is 0 Å². The van der Waals surface area contributed by atoms with Crippen molar-refractivity contribution in [2.24, 2.45) is 0 Å². The number of unbranched alkanes of at least 4 members (excludes halogenated alkanes) is 3. The van der Waals surface area contributed by atoms with Gasteiger partial charge >= 0.3 is 17.9 Å². The first-order valence-corrected chi connectivity index (χ1v) is 12.6. The van der Waals surface area contributed by atoms with Crippen molar-refractivity contribution >= 4 is 17.9 Å². The van der Waals surface area contributed by atoms with Crippen molar-refractivity contribution in [2.75, 3.05) is 20.3 Å². The molecule has 3 rings (SSSR count). The predicted molar refractivity (Wildman–Crippen MR) is 145 cm³/mol. The zero-order valence-corrected chi connectivity index (χ0v) is 21.9. The minimum atomic E-state index is -0.637. The molecule has 0 atom stereocenters. The van der Waals surface area contributed by atoms with Crippen LogP contribution in [0.2, 0.25) is 0 Å². The molecule has 0 spiro atoms. The molecule has 0 saturated heterocycles. The van der Waals surface area contributed by atoms with Crippen molar-refractivity contribution in [2.45, 2.75) is 32.3 Å². The summed E-state index contributed by atoms with van der Waals surface area (Å²) in [6.45, 7) is 4.34. The smallest absolute Gasteiger partial charge is 0.343 e. The van der Waals surface area contributed by atoms with Gasteiger partial charge in [0.25, 0.3) is 0 Å². The van der Waals surface area contributed by atoms with E-state index in [2.05, 4.69) is 6.58 Å². The molecule has 0 saturated carbocycles. The number of carbonyl (C=O) groups excluding carboxylic acids is 3. The minimum absolute atomic E-state index is 0.0680. The molecule has 0 bridgehead atoms. The second kappa shape index (κ2) is 15.6. The highest BCUT2D eigenvalue weighted by Crippen LogP contribution is 2.26. The fourth-order valence-corrected chi connectivity index (χ4v) is 3.51. The molecular weight excluding hydrogens is 500 g/mol. The molecule has 3 aromatic rings. The average molecular weight is 533 g/mol. The van der Waals surface area contributed by atoms with Crippen molar-refractivity contribution in [1.29, 1.82) is 0 Å². The zero-order chi connectivity index (χ0) is 27.9. The van der Waals surface area contributed by atoms with Crippen LogP contribution in [0.5, 0.6) is 17.2 Å². The Kier molecular flexibility index (Phi) is 11.6. The summed E-state index contributed by atoms with van der Waals surface area (Å²) in [7, 11) is 1.48. The zero-order valence-electron chi connectivity index (χ0n) is 21.9. The lowest BCUT2D eigenvalue weighted by Gasteiger charge is -2.12. The fourth-order valence-electron chi connectivity index (χ4n) is 3.51. The van der Waals surface area contributed by atoms with E-state index >= 15 is 0 Å². The second-order valence-corrected chi connectivity index (χ2v) is 8.47. The van der Waals surface area contributed by atoms with Gasteiger partial charge in [-0.3, -0.25) is 0 Å². The quantitative estimate of drug-likeness (QED) is 0.103. The molecule has 0 radical (unpaired) electrons. The first-order chi connectivity index (χ1) is 19.0. The van der Waals surface area contributed by atoms with Crippen LogP contribution in [0.1, 0.15) is 52.0 Å². The first kappa shape index (κ1) is 29.0. The van der Waals surface area contributed by atoms with Gasteiger partial charge in [0, 0.05) is 6.08 Å². The molecule has 0 aliphatic heterocycles. The summed E-state index contributed by atoms with van der Waals surface area (Å²) in [5.41, 5.74) is 1.22. The Balaban J connectivity index is 1.50. The van der Waals surface area contributed by atoms with E-state index in [0.717, 1.165) is 37.3 Å². The summed E-state index contributed by atoms with van der Waals surface area (Å²) in [6.07, 6.45) is 4.65. The Morgan fingerprint density at radius 1 is 0.769 bits per heavy atom. The highest BCUT2D eigenvalue weighted by Gasteiger charge is 2.19. The summed E-state index contributed by atoms with van der Waals surface area (Å²) >= 11 is 0. The molecule has 8 heteroatoms. The highest BCUT2D eigenvalue weighted by atomic mass is 16.6. The van der Waals surface area contributed by atoms with Gasteiger partial charge in [-0.25, -0.2) is 14.4 Å². The fraction of sp³-hybridized carbons (Fsp3) is 0.258. The van der Waals surface area contributed by atoms with Gasteiger partial charge in [-0.15, -0.1) is 0 Å². The molecule has 204 valence electrons. The van der Waals surface area contributed by atoms with Gasteiger partial charge < -0.3 is 23.7 Å². The third-order valence-corrected chi connectivity index (χ3v) is 5.63. The minimum Gasteiger partial charge on any atom is -0.497 e.